The molecule has 2 heterocycles. The van der Waals surface area contributed by atoms with Crippen molar-refractivity contribution in [3.8, 4) is 0 Å². The molecule has 2 aromatic rings. The fraction of sp³-hybridized carbons (Fsp3) is 0.556. The summed E-state index contributed by atoms with van der Waals surface area (Å²) in [4.78, 5) is 42.8. The highest BCUT2D eigenvalue weighted by molar-refractivity contribution is 5.96. The van der Waals surface area contributed by atoms with Gasteiger partial charge in [-0.2, -0.15) is 13.2 Å². The SMILES string of the molecule is CCCn1c(=O)[nH]c(=O)c2cc(C(=O)N[C@@H]3CCCC[C@@H]3C(F)(F)F)cnc21. The number of aromatic amines is 1. The minimum absolute atomic E-state index is 0.0205. The van der Waals surface area contributed by atoms with Crippen molar-refractivity contribution in [3.05, 3.63) is 38.7 Å². The van der Waals surface area contributed by atoms with E-state index in [2.05, 4.69) is 15.3 Å². The van der Waals surface area contributed by atoms with E-state index in [0.717, 1.165) is 0 Å². The Morgan fingerprint density at radius 3 is 2.71 bits per heavy atom. The van der Waals surface area contributed by atoms with Crippen LogP contribution in [-0.2, 0) is 6.54 Å². The number of H-pyrrole nitrogens is 1. The molecule has 0 radical (unpaired) electrons. The molecular formula is C18H21F3N4O3. The van der Waals surface area contributed by atoms with Crippen LogP contribution in [0.15, 0.2) is 21.9 Å². The molecule has 1 aliphatic rings. The van der Waals surface area contributed by atoms with Gasteiger partial charge in [-0.1, -0.05) is 19.8 Å². The third kappa shape index (κ3) is 3.95. The topological polar surface area (TPSA) is 96.9 Å². The number of nitrogens with one attached hydrogen (secondary N) is 2. The van der Waals surface area contributed by atoms with Crippen LogP contribution in [0.4, 0.5) is 13.2 Å². The van der Waals surface area contributed by atoms with Gasteiger partial charge in [0.25, 0.3) is 11.5 Å². The number of alkyl halides is 3. The predicted molar refractivity (Wildman–Crippen MR) is 96.2 cm³/mol. The van der Waals surface area contributed by atoms with E-state index < -0.39 is 35.3 Å². The molecule has 1 saturated carbocycles. The minimum Gasteiger partial charge on any atom is -0.349 e. The molecule has 2 atom stereocenters. The van der Waals surface area contributed by atoms with Crippen LogP contribution in [0.3, 0.4) is 0 Å². The van der Waals surface area contributed by atoms with Crippen LogP contribution in [0.25, 0.3) is 11.0 Å². The number of carbonyl (C=O) groups is 1. The van der Waals surface area contributed by atoms with Gasteiger partial charge in [0.2, 0.25) is 0 Å². The van der Waals surface area contributed by atoms with Crippen LogP contribution >= 0.6 is 0 Å². The monoisotopic (exact) mass is 398 g/mol. The van der Waals surface area contributed by atoms with Crippen molar-refractivity contribution in [2.24, 2.45) is 5.92 Å². The summed E-state index contributed by atoms with van der Waals surface area (Å²) >= 11 is 0. The lowest BCUT2D eigenvalue weighted by molar-refractivity contribution is -0.187. The van der Waals surface area contributed by atoms with Gasteiger partial charge in [-0.25, -0.2) is 9.78 Å². The quantitative estimate of drug-likeness (QED) is 0.826. The van der Waals surface area contributed by atoms with Crippen LogP contribution in [-0.4, -0.2) is 32.7 Å². The molecule has 10 heteroatoms. The molecular weight excluding hydrogens is 377 g/mol. The first-order chi connectivity index (χ1) is 13.2. The number of hydrogen-bond acceptors (Lipinski definition) is 4. The highest BCUT2D eigenvalue weighted by atomic mass is 19.4. The fourth-order valence-electron chi connectivity index (χ4n) is 3.67. The Hall–Kier alpha value is -2.65. The van der Waals surface area contributed by atoms with Crippen molar-refractivity contribution in [2.75, 3.05) is 0 Å². The minimum atomic E-state index is -4.38. The molecule has 152 valence electrons. The molecule has 7 nitrogen and oxygen atoms in total. The molecule has 1 amide bonds. The Kier molecular flexibility index (Phi) is 5.57. The molecule has 1 aliphatic carbocycles. The number of fused-ring (bicyclic) bond motifs is 1. The van der Waals surface area contributed by atoms with Crippen LogP contribution in [0, 0.1) is 5.92 Å². The lowest BCUT2D eigenvalue weighted by Gasteiger charge is -2.33. The van der Waals surface area contributed by atoms with Crippen LogP contribution < -0.4 is 16.6 Å². The van der Waals surface area contributed by atoms with Gasteiger partial charge in [-0.3, -0.25) is 19.1 Å². The zero-order valence-electron chi connectivity index (χ0n) is 15.3. The number of carbonyl (C=O) groups excluding carboxylic acids is 1. The molecule has 0 unspecified atom stereocenters. The number of aromatic nitrogens is 3. The Morgan fingerprint density at radius 1 is 1.32 bits per heavy atom. The van der Waals surface area contributed by atoms with E-state index in [1.807, 2.05) is 6.92 Å². The zero-order chi connectivity index (χ0) is 20.5. The van der Waals surface area contributed by atoms with E-state index in [-0.39, 0.29) is 29.4 Å². The summed E-state index contributed by atoms with van der Waals surface area (Å²) < 4.78 is 40.9. The van der Waals surface area contributed by atoms with Crippen LogP contribution in [0.1, 0.15) is 49.4 Å². The van der Waals surface area contributed by atoms with E-state index >= 15 is 0 Å². The Bertz CT molecular complexity index is 996. The van der Waals surface area contributed by atoms with Gasteiger partial charge < -0.3 is 5.32 Å². The third-order valence-corrected chi connectivity index (χ3v) is 5.04. The summed E-state index contributed by atoms with van der Waals surface area (Å²) in [5, 5.41) is 2.49. The summed E-state index contributed by atoms with van der Waals surface area (Å²) in [6.07, 6.45) is -1.28. The number of aryl methyl sites for hydroxylation is 1. The molecule has 0 aromatic carbocycles. The second-order valence-corrected chi connectivity index (χ2v) is 7.02. The number of halogens is 3. The van der Waals surface area contributed by atoms with Gasteiger partial charge in [0.15, 0.2) is 0 Å². The van der Waals surface area contributed by atoms with Crippen molar-refractivity contribution in [1.82, 2.24) is 19.9 Å². The van der Waals surface area contributed by atoms with Crippen molar-refractivity contribution < 1.29 is 18.0 Å². The average Bonchev–Trinajstić information content (AvgIpc) is 2.64. The zero-order valence-corrected chi connectivity index (χ0v) is 15.3. The van der Waals surface area contributed by atoms with Crippen molar-refractivity contribution in [1.29, 1.82) is 0 Å². The second-order valence-electron chi connectivity index (χ2n) is 7.02. The van der Waals surface area contributed by atoms with Gasteiger partial charge in [0.05, 0.1) is 16.9 Å². The standard InChI is InChI=1S/C18H21F3N4O3/c1-2-7-25-14-11(16(27)24-17(25)28)8-10(9-22-14)15(26)23-13-6-4-3-5-12(13)18(19,20)21/h8-9,12-13H,2-7H2,1H3,(H,23,26)(H,24,27,28)/t12-,13+/m0/s1. The van der Waals surface area contributed by atoms with Crippen LogP contribution in [0.2, 0.25) is 0 Å². The Labute approximate surface area is 158 Å². The molecule has 1 fully saturated rings. The lowest BCUT2D eigenvalue weighted by atomic mass is 9.84. The third-order valence-electron chi connectivity index (χ3n) is 5.04. The van der Waals surface area contributed by atoms with Gasteiger partial charge in [-0.15, -0.1) is 0 Å². The fourth-order valence-corrected chi connectivity index (χ4v) is 3.67. The van der Waals surface area contributed by atoms with Crippen molar-refractivity contribution >= 4 is 16.9 Å². The number of hydrogen-bond donors (Lipinski definition) is 2. The average molecular weight is 398 g/mol. The van der Waals surface area contributed by atoms with E-state index in [0.29, 0.717) is 25.8 Å². The van der Waals surface area contributed by atoms with Gasteiger partial charge >= 0.3 is 11.9 Å². The van der Waals surface area contributed by atoms with E-state index in [1.54, 1.807) is 0 Å². The summed E-state index contributed by atoms with van der Waals surface area (Å²) in [7, 11) is 0. The van der Waals surface area contributed by atoms with Gasteiger partial charge in [0.1, 0.15) is 5.65 Å². The maximum Gasteiger partial charge on any atom is 0.393 e. The summed E-state index contributed by atoms with van der Waals surface area (Å²) in [6.45, 7) is 2.19. The summed E-state index contributed by atoms with van der Waals surface area (Å²) in [6, 6.07) is 0.248. The highest BCUT2D eigenvalue weighted by Gasteiger charge is 2.46. The molecule has 0 aliphatic heterocycles. The predicted octanol–water partition coefficient (Wildman–Crippen LogP) is 2.35. The number of rotatable bonds is 4. The summed E-state index contributed by atoms with van der Waals surface area (Å²) in [5.41, 5.74) is -1.18. The highest BCUT2D eigenvalue weighted by Crippen LogP contribution is 2.37. The maximum absolute atomic E-state index is 13.2. The molecule has 2 N–H and O–H groups in total. The molecule has 2 aromatic heterocycles. The number of amides is 1. The molecule has 0 spiro atoms. The lowest BCUT2D eigenvalue weighted by Crippen LogP contribution is -2.47. The Morgan fingerprint density at radius 2 is 2.04 bits per heavy atom. The second kappa shape index (κ2) is 7.76. The van der Waals surface area contributed by atoms with Crippen LogP contribution in [0.5, 0.6) is 0 Å². The normalized spacial score (nSPS) is 20.3. The Balaban J connectivity index is 1.92. The largest absolute Gasteiger partial charge is 0.393 e. The first-order valence-corrected chi connectivity index (χ1v) is 9.22. The van der Waals surface area contributed by atoms with E-state index in [4.69, 9.17) is 0 Å². The molecule has 0 saturated heterocycles. The van der Waals surface area contributed by atoms with E-state index in [1.165, 1.54) is 16.8 Å². The smallest absolute Gasteiger partial charge is 0.349 e. The molecule has 28 heavy (non-hydrogen) atoms. The summed E-state index contributed by atoms with van der Waals surface area (Å²) in [5.74, 6) is -2.31. The van der Waals surface area contributed by atoms with Crippen molar-refractivity contribution in [3.63, 3.8) is 0 Å². The molecule has 0 bridgehead atoms. The first kappa shape index (κ1) is 20.1. The van der Waals surface area contributed by atoms with Crippen molar-refractivity contribution in [2.45, 2.75) is 57.8 Å². The first-order valence-electron chi connectivity index (χ1n) is 9.22. The number of pyridine rings is 1. The van der Waals surface area contributed by atoms with E-state index in [9.17, 15) is 27.6 Å². The van der Waals surface area contributed by atoms with Gasteiger partial charge in [0, 0.05) is 18.8 Å². The molecule has 3 rings (SSSR count). The maximum atomic E-state index is 13.2. The van der Waals surface area contributed by atoms with Gasteiger partial charge in [-0.05, 0) is 25.3 Å². The number of nitrogens with zero attached hydrogens (tertiary/aromatic N) is 2.